The standard InChI is InChI=1S/C33H23N3O.Cs/c37-32-20-8-7-17-27(32)29-19-10-18-28(34-29)25-15-9-16-26(21-25)31-22-30(23-11-3-1-4-12-23)35-33(36-31)24-13-5-2-6-14-24;/h1-22,37H;/q;+1/p-1. The summed E-state index contributed by atoms with van der Waals surface area (Å²) in [6.45, 7) is 0. The van der Waals surface area contributed by atoms with E-state index in [9.17, 15) is 5.11 Å². The Morgan fingerprint density at radius 1 is 0.395 bits per heavy atom. The zero-order valence-corrected chi connectivity index (χ0v) is 27.2. The molecule has 0 spiro atoms. The molecule has 38 heavy (non-hydrogen) atoms. The summed E-state index contributed by atoms with van der Waals surface area (Å²) in [4.78, 5) is 14.6. The normalized spacial score (nSPS) is 10.5. The second-order valence-electron chi connectivity index (χ2n) is 8.68. The van der Waals surface area contributed by atoms with Crippen molar-refractivity contribution in [3.63, 3.8) is 0 Å². The van der Waals surface area contributed by atoms with Crippen LogP contribution in [0.2, 0.25) is 0 Å². The fraction of sp³-hybridized carbons (Fsp3) is 0. The summed E-state index contributed by atoms with van der Waals surface area (Å²) in [5.74, 6) is 0.637. The first kappa shape index (κ1) is 26.6. The minimum Gasteiger partial charge on any atom is -0.872 e. The van der Waals surface area contributed by atoms with Crippen LogP contribution in [-0.4, -0.2) is 15.0 Å². The molecule has 176 valence electrons. The molecule has 0 bridgehead atoms. The third-order valence-corrected chi connectivity index (χ3v) is 6.19. The van der Waals surface area contributed by atoms with Gasteiger partial charge in [0.25, 0.3) is 0 Å². The van der Waals surface area contributed by atoms with Gasteiger partial charge in [-0.25, -0.2) is 15.0 Å². The molecule has 0 saturated heterocycles. The summed E-state index contributed by atoms with van der Waals surface area (Å²) in [5, 5.41) is 12.4. The molecule has 0 N–H and O–H groups in total. The topological polar surface area (TPSA) is 61.7 Å². The van der Waals surface area contributed by atoms with Crippen molar-refractivity contribution in [2.45, 2.75) is 0 Å². The molecule has 0 unspecified atom stereocenters. The smallest absolute Gasteiger partial charge is 0.872 e. The summed E-state index contributed by atoms with van der Waals surface area (Å²) in [5.41, 5.74) is 7.65. The number of para-hydroxylation sites is 1. The summed E-state index contributed by atoms with van der Waals surface area (Å²) in [6.07, 6.45) is 0. The van der Waals surface area contributed by atoms with Gasteiger partial charge in [0.2, 0.25) is 0 Å². The van der Waals surface area contributed by atoms with Crippen LogP contribution in [0.3, 0.4) is 0 Å². The molecule has 0 fully saturated rings. The molecule has 2 aromatic heterocycles. The number of hydrogen-bond acceptors (Lipinski definition) is 4. The van der Waals surface area contributed by atoms with Gasteiger partial charge in [-0.15, -0.1) is 0 Å². The number of hydrogen-bond donors (Lipinski definition) is 0. The van der Waals surface area contributed by atoms with Crippen LogP contribution in [0, 0.1) is 0 Å². The van der Waals surface area contributed by atoms with E-state index in [-0.39, 0.29) is 74.6 Å². The third-order valence-electron chi connectivity index (χ3n) is 6.19. The van der Waals surface area contributed by atoms with Crippen LogP contribution in [0.4, 0.5) is 0 Å². The van der Waals surface area contributed by atoms with Crippen molar-refractivity contribution in [2.24, 2.45) is 0 Å². The number of nitrogens with zero attached hydrogens (tertiary/aromatic N) is 3. The van der Waals surface area contributed by atoms with E-state index in [2.05, 4.69) is 18.2 Å². The summed E-state index contributed by atoms with van der Waals surface area (Å²) >= 11 is 0. The fourth-order valence-electron chi connectivity index (χ4n) is 4.33. The van der Waals surface area contributed by atoms with Gasteiger partial charge in [0.1, 0.15) is 0 Å². The molecular weight excluding hydrogens is 587 g/mol. The van der Waals surface area contributed by atoms with Gasteiger partial charge in [-0.3, -0.25) is 0 Å². The molecule has 0 aliphatic rings. The molecule has 4 nitrogen and oxygen atoms in total. The van der Waals surface area contributed by atoms with Crippen LogP contribution in [0.5, 0.6) is 5.75 Å². The van der Waals surface area contributed by atoms with E-state index in [1.165, 1.54) is 0 Å². The van der Waals surface area contributed by atoms with Crippen molar-refractivity contribution in [3.05, 3.63) is 133 Å². The largest absolute Gasteiger partial charge is 1.00 e. The molecule has 5 heteroatoms. The second kappa shape index (κ2) is 12.2. The molecule has 0 amide bonds. The van der Waals surface area contributed by atoms with Gasteiger partial charge in [0.05, 0.1) is 22.8 Å². The van der Waals surface area contributed by atoms with Crippen molar-refractivity contribution in [1.29, 1.82) is 0 Å². The predicted molar refractivity (Wildman–Crippen MR) is 146 cm³/mol. The van der Waals surface area contributed by atoms with Gasteiger partial charge < -0.3 is 5.11 Å². The molecule has 0 atom stereocenters. The minimum absolute atomic E-state index is 0. The van der Waals surface area contributed by atoms with Crippen molar-refractivity contribution in [1.82, 2.24) is 15.0 Å². The van der Waals surface area contributed by atoms with Gasteiger partial charge in [-0.2, -0.15) is 0 Å². The molecule has 6 rings (SSSR count). The van der Waals surface area contributed by atoms with Crippen LogP contribution in [-0.2, 0) is 0 Å². The number of rotatable bonds is 5. The van der Waals surface area contributed by atoms with Crippen molar-refractivity contribution < 1.29 is 74.0 Å². The van der Waals surface area contributed by atoms with E-state index in [1.807, 2.05) is 103 Å². The Morgan fingerprint density at radius 3 is 1.63 bits per heavy atom. The van der Waals surface area contributed by atoms with Gasteiger partial charge in [-0.1, -0.05) is 115 Å². The van der Waals surface area contributed by atoms with Gasteiger partial charge in [-0.05, 0) is 29.8 Å². The van der Waals surface area contributed by atoms with E-state index < -0.39 is 0 Å². The number of pyridine rings is 1. The zero-order valence-electron chi connectivity index (χ0n) is 21.0. The maximum atomic E-state index is 12.4. The third kappa shape index (κ3) is 5.84. The van der Waals surface area contributed by atoms with E-state index in [0.717, 1.165) is 39.3 Å². The first-order valence-electron chi connectivity index (χ1n) is 12.1. The quantitative estimate of drug-likeness (QED) is 0.293. The summed E-state index contributed by atoms with van der Waals surface area (Å²) in [6, 6.07) is 43.1. The maximum absolute atomic E-state index is 12.4. The second-order valence-corrected chi connectivity index (χ2v) is 8.68. The first-order chi connectivity index (χ1) is 18.2. The monoisotopic (exact) mass is 609 g/mol. The molecule has 0 aliphatic heterocycles. The zero-order chi connectivity index (χ0) is 25.0. The Labute approximate surface area is 280 Å². The van der Waals surface area contributed by atoms with E-state index >= 15 is 0 Å². The van der Waals surface area contributed by atoms with Crippen LogP contribution in [0.15, 0.2) is 133 Å². The first-order valence-corrected chi connectivity index (χ1v) is 12.1. The molecule has 0 aliphatic carbocycles. The molecule has 6 aromatic rings. The molecule has 0 saturated carbocycles. The number of benzene rings is 4. The van der Waals surface area contributed by atoms with Crippen LogP contribution in [0.1, 0.15) is 0 Å². The summed E-state index contributed by atoms with van der Waals surface area (Å²) in [7, 11) is 0. The van der Waals surface area contributed by atoms with Crippen LogP contribution < -0.4 is 74.0 Å². The maximum Gasteiger partial charge on any atom is 1.00 e. The van der Waals surface area contributed by atoms with Crippen LogP contribution in [0.25, 0.3) is 56.4 Å². The Kier molecular flexibility index (Phi) is 8.54. The molecular formula is C33H22CsN3O. The van der Waals surface area contributed by atoms with E-state index in [1.54, 1.807) is 12.1 Å². The van der Waals surface area contributed by atoms with Gasteiger partial charge in [0.15, 0.2) is 5.82 Å². The Bertz CT molecular complexity index is 1630. The predicted octanol–water partition coefficient (Wildman–Crippen LogP) is 4.28. The van der Waals surface area contributed by atoms with Gasteiger partial charge >= 0.3 is 68.9 Å². The fourth-order valence-corrected chi connectivity index (χ4v) is 4.33. The van der Waals surface area contributed by atoms with E-state index in [0.29, 0.717) is 17.1 Å². The van der Waals surface area contributed by atoms with Crippen molar-refractivity contribution in [3.8, 4) is 62.2 Å². The van der Waals surface area contributed by atoms with Crippen LogP contribution >= 0.6 is 0 Å². The van der Waals surface area contributed by atoms with Crippen molar-refractivity contribution >= 4 is 0 Å². The Balaban J connectivity index is 0.00000294. The Morgan fingerprint density at radius 2 is 0.921 bits per heavy atom. The average Bonchev–Trinajstić information content (AvgIpc) is 2.98. The van der Waals surface area contributed by atoms with Gasteiger partial charge in [0, 0.05) is 22.3 Å². The Hall–Kier alpha value is -3.04. The average molecular weight is 609 g/mol. The molecule has 0 radical (unpaired) electrons. The summed E-state index contributed by atoms with van der Waals surface area (Å²) < 4.78 is 0. The molecule has 2 heterocycles. The SMILES string of the molecule is [Cs+].[O-]c1ccccc1-c1cccc(-c2cccc(-c3cc(-c4ccccc4)nc(-c4ccccc4)n3)c2)n1. The van der Waals surface area contributed by atoms with Crippen molar-refractivity contribution in [2.75, 3.05) is 0 Å². The molecule has 4 aromatic carbocycles. The number of aromatic nitrogens is 3. The minimum atomic E-state index is -0.0382. The van der Waals surface area contributed by atoms with E-state index in [4.69, 9.17) is 15.0 Å².